The summed E-state index contributed by atoms with van der Waals surface area (Å²) >= 11 is 7.33. The van der Waals surface area contributed by atoms with Crippen LogP contribution >= 0.6 is 23.4 Å². The van der Waals surface area contributed by atoms with Crippen LogP contribution in [-0.4, -0.2) is 23.7 Å². The van der Waals surface area contributed by atoms with Crippen LogP contribution in [0.4, 0.5) is 5.69 Å². The molecule has 0 aliphatic carbocycles. The van der Waals surface area contributed by atoms with E-state index in [2.05, 4.69) is 5.32 Å². The molecule has 0 heterocycles. The van der Waals surface area contributed by atoms with Crippen LogP contribution in [0.2, 0.25) is 5.02 Å². The number of nitrogens with zero attached hydrogens (tertiary/aromatic N) is 1. The summed E-state index contributed by atoms with van der Waals surface area (Å²) in [5, 5.41) is 12.3. The van der Waals surface area contributed by atoms with Crippen molar-refractivity contribution in [3.05, 3.63) is 59.1 Å². The van der Waals surface area contributed by atoms with Crippen molar-refractivity contribution in [3.63, 3.8) is 0 Å². The molecule has 2 rings (SSSR count). The Kier molecular flexibility index (Phi) is 7.52. The topological polar surface area (TPSA) is 79.2 Å². The van der Waals surface area contributed by atoms with E-state index in [1.165, 1.54) is 18.7 Å². The van der Waals surface area contributed by atoms with Gasteiger partial charge in [-0.25, -0.2) is 0 Å². The lowest BCUT2D eigenvalue weighted by atomic mass is 10.2. The van der Waals surface area contributed by atoms with E-state index < -0.39 is 18.0 Å². The Morgan fingerprint density at radius 3 is 2.62 bits per heavy atom. The maximum atomic E-state index is 12.1. The zero-order chi connectivity index (χ0) is 18.9. The van der Waals surface area contributed by atoms with Crippen LogP contribution in [0.25, 0.3) is 0 Å². The van der Waals surface area contributed by atoms with Gasteiger partial charge in [0.05, 0.1) is 17.7 Å². The molecule has 2 aromatic rings. The van der Waals surface area contributed by atoms with Gasteiger partial charge in [-0.3, -0.25) is 9.59 Å². The van der Waals surface area contributed by atoms with Crippen molar-refractivity contribution in [3.8, 4) is 6.07 Å². The molecule has 0 spiro atoms. The predicted octanol–water partition coefficient (Wildman–Crippen LogP) is 4.26. The molecule has 0 aromatic heterocycles. The highest BCUT2D eigenvalue weighted by molar-refractivity contribution is 7.99. The van der Waals surface area contributed by atoms with Crippen LogP contribution in [0.3, 0.4) is 0 Å². The number of ether oxygens (including phenoxy) is 1. The number of benzene rings is 2. The Morgan fingerprint density at radius 2 is 1.92 bits per heavy atom. The minimum Gasteiger partial charge on any atom is -0.453 e. The van der Waals surface area contributed by atoms with E-state index >= 15 is 0 Å². The maximum Gasteiger partial charge on any atom is 0.307 e. The molecule has 26 heavy (non-hydrogen) atoms. The number of nitriles is 1. The molecular weight excluding hydrogens is 372 g/mol. The maximum absolute atomic E-state index is 12.1. The number of carbonyl (C=O) groups excluding carboxylic acids is 2. The number of thioether (sulfide) groups is 1. The average molecular weight is 389 g/mol. The van der Waals surface area contributed by atoms with Crippen LogP contribution in [0.5, 0.6) is 0 Å². The number of carbonyl (C=O) groups is 2. The molecule has 0 aliphatic rings. The number of esters is 1. The Bertz CT molecular complexity index is 818. The fraction of sp³-hybridized carbons (Fsp3) is 0.211. The predicted molar refractivity (Wildman–Crippen MR) is 102 cm³/mol. The first-order valence-corrected chi connectivity index (χ1v) is 9.24. The van der Waals surface area contributed by atoms with Gasteiger partial charge >= 0.3 is 5.97 Å². The summed E-state index contributed by atoms with van der Waals surface area (Å²) in [6.45, 7) is 1.49. The molecule has 0 fully saturated rings. The molecule has 134 valence electrons. The molecule has 1 N–H and O–H groups in total. The van der Waals surface area contributed by atoms with Gasteiger partial charge in [-0.2, -0.15) is 5.26 Å². The summed E-state index contributed by atoms with van der Waals surface area (Å²) in [7, 11) is 0. The number of halogens is 1. The van der Waals surface area contributed by atoms with Crippen molar-refractivity contribution in [1.29, 1.82) is 5.26 Å². The van der Waals surface area contributed by atoms with Crippen molar-refractivity contribution in [2.45, 2.75) is 24.3 Å². The van der Waals surface area contributed by atoms with Gasteiger partial charge in [-0.05, 0) is 43.3 Å². The highest BCUT2D eigenvalue weighted by Crippen LogP contribution is 2.21. The van der Waals surface area contributed by atoms with Gasteiger partial charge < -0.3 is 10.1 Å². The molecule has 0 aliphatic heterocycles. The smallest absolute Gasteiger partial charge is 0.307 e. The molecule has 1 amide bonds. The van der Waals surface area contributed by atoms with E-state index in [9.17, 15) is 9.59 Å². The van der Waals surface area contributed by atoms with E-state index in [0.29, 0.717) is 22.0 Å². The normalized spacial score (nSPS) is 11.3. The van der Waals surface area contributed by atoms with E-state index in [-0.39, 0.29) is 6.42 Å². The third-order valence-electron chi connectivity index (χ3n) is 3.37. The standard InChI is InChI=1S/C19H17ClN2O3S/c1-13(19(24)22-17-5-3-2-4-14(17)12-21)25-18(23)10-11-26-16-8-6-15(20)7-9-16/h2-9,13H,10-11H2,1H3,(H,22,24)/t13-/m0/s1. The summed E-state index contributed by atoms with van der Waals surface area (Å²) in [5.74, 6) is -0.402. The first-order valence-electron chi connectivity index (χ1n) is 7.87. The molecule has 0 radical (unpaired) electrons. The van der Waals surface area contributed by atoms with E-state index in [1.54, 1.807) is 36.4 Å². The number of nitrogens with one attached hydrogen (secondary N) is 1. The number of rotatable bonds is 7. The molecule has 0 bridgehead atoms. The molecule has 0 saturated heterocycles. The molecule has 5 nitrogen and oxygen atoms in total. The molecule has 7 heteroatoms. The van der Waals surface area contributed by atoms with Gasteiger partial charge in [0.1, 0.15) is 6.07 Å². The summed E-state index contributed by atoms with van der Waals surface area (Å²) in [5.41, 5.74) is 0.736. The van der Waals surface area contributed by atoms with E-state index in [0.717, 1.165) is 4.90 Å². The van der Waals surface area contributed by atoms with Crippen LogP contribution in [-0.2, 0) is 14.3 Å². The fourth-order valence-corrected chi connectivity index (χ4v) is 2.98. The number of hydrogen-bond donors (Lipinski definition) is 1. The van der Waals surface area contributed by atoms with Crippen molar-refractivity contribution in [1.82, 2.24) is 0 Å². The number of para-hydroxylation sites is 1. The second kappa shape index (κ2) is 9.85. The van der Waals surface area contributed by atoms with Crippen LogP contribution < -0.4 is 5.32 Å². The van der Waals surface area contributed by atoms with Crippen LogP contribution in [0.1, 0.15) is 18.9 Å². The Hall–Kier alpha value is -2.49. The number of anilines is 1. The van der Waals surface area contributed by atoms with E-state index in [1.807, 2.05) is 18.2 Å². The lowest BCUT2D eigenvalue weighted by Crippen LogP contribution is -2.30. The monoisotopic (exact) mass is 388 g/mol. The second-order valence-corrected chi connectivity index (χ2v) is 6.94. The third kappa shape index (κ3) is 6.10. The van der Waals surface area contributed by atoms with Crippen molar-refractivity contribution < 1.29 is 14.3 Å². The number of hydrogen-bond acceptors (Lipinski definition) is 5. The Morgan fingerprint density at radius 1 is 1.23 bits per heavy atom. The van der Waals surface area contributed by atoms with Gasteiger partial charge in [0.25, 0.3) is 5.91 Å². The SMILES string of the molecule is C[C@H](OC(=O)CCSc1ccc(Cl)cc1)C(=O)Nc1ccccc1C#N. The van der Waals surface area contributed by atoms with Crippen molar-refractivity contribution in [2.24, 2.45) is 0 Å². The van der Waals surface area contributed by atoms with Gasteiger partial charge in [0, 0.05) is 15.7 Å². The van der Waals surface area contributed by atoms with Crippen molar-refractivity contribution >= 4 is 40.9 Å². The Balaban J connectivity index is 1.78. The Labute approximate surface area is 161 Å². The van der Waals surface area contributed by atoms with E-state index in [4.69, 9.17) is 21.6 Å². The summed E-state index contributed by atoms with van der Waals surface area (Å²) < 4.78 is 5.15. The third-order valence-corrected chi connectivity index (χ3v) is 4.64. The number of amides is 1. The zero-order valence-corrected chi connectivity index (χ0v) is 15.6. The largest absolute Gasteiger partial charge is 0.453 e. The highest BCUT2D eigenvalue weighted by atomic mass is 35.5. The molecular formula is C19H17ClN2O3S. The summed E-state index contributed by atoms with van der Waals surface area (Å²) in [6.07, 6.45) is -0.769. The molecule has 0 saturated carbocycles. The first kappa shape index (κ1) is 19.8. The lowest BCUT2D eigenvalue weighted by Gasteiger charge is -2.14. The van der Waals surface area contributed by atoms with Crippen LogP contribution in [0, 0.1) is 11.3 Å². The zero-order valence-electron chi connectivity index (χ0n) is 14.1. The van der Waals surface area contributed by atoms with Gasteiger partial charge in [-0.1, -0.05) is 23.7 Å². The molecule has 1 atom stereocenters. The summed E-state index contributed by atoms with van der Waals surface area (Å²) in [4.78, 5) is 25.0. The van der Waals surface area contributed by atoms with Gasteiger partial charge in [0.2, 0.25) is 0 Å². The minimum atomic E-state index is -0.949. The molecule has 0 unspecified atom stereocenters. The summed E-state index contributed by atoms with van der Waals surface area (Å²) in [6, 6.07) is 15.9. The second-order valence-electron chi connectivity index (χ2n) is 5.33. The van der Waals surface area contributed by atoms with Crippen molar-refractivity contribution in [2.75, 3.05) is 11.1 Å². The fourth-order valence-electron chi connectivity index (χ4n) is 2.02. The lowest BCUT2D eigenvalue weighted by molar-refractivity contribution is -0.152. The van der Waals surface area contributed by atoms with Gasteiger partial charge in [-0.15, -0.1) is 11.8 Å². The van der Waals surface area contributed by atoms with Crippen LogP contribution in [0.15, 0.2) is 53.4 Å². The highest BCUT2D eigenvalue weighted by Gasteiger charge is 2.18. The van der Waals surface area contributed by atoms with Gasteiger partial charge in [0.15, 0.2) is 6.10 Å². The average Bonchev–Trinajstić information content (AvgIpc) is 2.63. The molecule has 2 aromatic carbocycles. The quantitative estimate of drug-likeness (QED) is 0.566. The first-order chi connectivity index (χ1) is 12.5. The minimum absolute atomic E-state index is 0.180.